The first-order chi connectivity index (χ1) is 9.17. The summed E-state index contributed by atoms with van der Waals surface area (Å²) in [6.45, 7) is 0.257. The maximum Gasteiger partial charge on any atom is 0.227 e. The molecule has 0 spiro atoms. The van der Waals surface area contributed by atoms with Gasteiger partial charge in [0.25, 0.3) is 0 Å². The lowest BCUT2D eigenvalue weighted by Gasteiger charge is -2.19. The molecule has 1 aliphatic heterocycles. The van der Waals surface area contributed by atoms with Crippen LogP contribution in [0.25, 0.3) is 0 Å². The fourth-order valence-corrected chi connectivity index (χ4v) is 3.95. The fourth-order valence-electron chi connectivity index (χ4n) is 2.17. The van der Waals surface area contributed by atoms with Crippen LogP contribution >= 0.6 is 39.1 Å². The summed E-state index contributed by atoms with van der Waals surface area (Å²) >= 11 is 15.3. The van der Waals surface area contributed by atoms with Crippen LogP contribution in [0.15, 0.2) is 16.6 Å². The van der Waals surface area contributed by atoms with Crippen LogP contribution in [0.5, 0.6) is 0 Å². The van der Waals surface area contributed by atoms with Gasteiger partial charge in [0.2, 0.25) is 15.9 Å². The first kappa shape index (κ1) is 16.0. The second-order valence-corrected chi connectivity index (χ2v) is 7.95. The van der Waals surface area contributed by atoms with Crippen molar-refractivity contribution in [3.05, 3.63) is 26.7 Å². The Bertz CT molecular complexity index is 666. The van der Waals surface area contributed by atoms with E-state index < -0.39 is 10.0 Å². The summed E-state index contributed by atoms with van der Waals surface area (Å²) in [5.74, 6) is -0.758. The van der Waals surface area contributed by atoms with Crippen LogP contribution < -0.4 is 10.0 Å². The van der Waals surface area contributed by atoms with Gasteiger partial charge in [-0.05, 0) is 28.1 Å². The van der Waals surface area contributed by atoms with Crippen LogP contribution in [0.1, 0.15) is 6.42 Å². The van der Waals surface area contributed by atoms with Crippen molar-refractivity contribution in [3.8, 4) is 0 Å². The molecule has 1 aliphatic rings. The molecule has 1 aromatic rings. The van der Waals surface area contributed by atoms with Crippen molar-refractivity contribution in [2.24, 2.45) is 11.1 Å². The maximum absolute atomic E-state index is 12.0. The monoisotopic (exact) mass is 400 g/mol. The molecule has 1 fully saturated rings. The van der Waals surface area contributed by atoms with Crippen molar-refractivity contribution in [3.63, 3.8) is 0 Å². The van der Waals surface area contributed by atoms with Gasteiger partial charge in [-0.25, -0.2) is 13.6 Å². The molecule has 110 valence electrons. The molecule has 1 saturated heterocycles. The molecule has 20 heavy (non-hydrogen) atoms. The number of anilines is 1. The minimum Gasteiger partial charge on any atom is -0.311 e. The Balaban J connectivity index is 2.26. The van der Waals surface area contributed by atoms with Crippen molar-refractivity contribution in [1.82, 2.24) is 0 Å². The molecule has 0 radical (unpaired) electrons. The Kier molecular flexibility index (Phi) is 4.66. The summed E-state index contributed by atoms with van der Waals surface area (Å²) in [7, 11) is -3.61. The molecule has 0 saturated carbocycles. The van der Waals surface area contributed by atoms with Gasteiger partial charge in [0.05, 0.1) is 21.5 Å². The third-order valence-corrected chi connectivity index (χ3v) is 5.39. The summed E-state index contributed by atoms with van der Waals surface area (Å²) in [5.41, 5.74) is 0.474. The highest BCUT2D eigenvalue weighted by atomic mass is 79.9. The Morgan fingerprint density at radius 2 is 2.00 bits per heavy atom. The number of primary sulfonamides is 1. The number of nitrogens with two attached hydrogens (primary N) is 1. The van der Waals surface area contributed by atoms with E-state index in [1.165, 1.54) is 4.90 Å². The molecule has 1 aromatic carbocycles. The predicted octanol–water partition coefficient (Wildman–Crippen LogP) is 2.40. The number of hydrogen-bond donors (Lipinski definition) is 1. The second-order valence-electron chi connectivity index (χ2n) is 4.62. The third kappa shape index (κ3) is 3.65. The van der Waals surface area contributed by atoms with Gasteiger partial charge in [0.1, 0.15) is 0 Å². The van der Waals surface area contributed by atoms with Crippen LogP contribution in [0, 0.1) is 5.92 Å². The Labute approximate surface area is 135 Å². The van der Waals surface area contributed by atoms with Gasteiger partial charge in [-0.2, -0.15) is 0 Å². The lowest BCUT2D eigenvalue weighted by molar-refractivity contribution is -0.117. The zero-order valence-electron chi connectivity index (χ0n) is 10.1. The van der Waals surface area contributed by atoms with Gasteiger partial charge in [-0.1, -0.05) is 23.2 Å². The van der Waals surface area contributed by atoms with E-state index in [2.05, 4.69) is 15.9 Å². The highest BCUT2D eigenvalue weighted by molar-refractivity contribution is 9.10. The normalized spacial score (nSPS) is 19.7. The number of hydrogen-bond acceptors (Lipinski definition) is 3. The van der Waals surface area contributed by atoms with Crippen LogP contribution in [-0.4, -0.2) is 26.6 Å². The minimum atomic E-state index is -3.61. The summed E-state index contributed by atoms with van der Waals surface area (Å²) in [6.07, 6.45) is 0.125. The molecule has 9 heteroatoms. The average Bonchev–Trinajstić information content (AvgIpc) is 2.62. The molecule has 1 amide bonds. The van der Waals surface area contributed by atoms with Crippen LogP contribution in [0.2, 0.25) is 10.0 Å². The van der Waals surface area contributed by atoms with Crippen LogP contribution in [0.3, 0.4) is 0 Å². The first-order valence-corrected chi connectivity index (χ1v) is 8.89. The molecule has 2 rings (SSSR count). The molecule has 0 aliphatic carbocycles. The Morgan fingerprint density at radius 3 is 2.60 bits per heavy atom. The number of halogens is 3. The second kappa shape index (κ2) is 5.81. The van der Waals surface area contributed by atoms with E-state index in [4.69, 9.17) is 28.3 Å². The van der Waals surface area contributed by atoms with E-state index in [1.807, 2.05) is 0 Å². The van der Waals surface area contributed by atoms with Gasteiger partial charge in [-0.15, -0.1) is 0 Å². The van der Waals surface area contributed by atoms with Gasteiger partial charge in [-0.3, -0.25) is 4.79 Å². The predicted molar refractivity (Wildman–Crippen MR) is 82.6 cm³/mol. The maximum atomic E-state index is 12.0. The van der Waals surface area contributed by atoms with E-state index >= 15 is 0 Å². The van der Waals surface area contributed by atoms with Gasteiger partial charge in [0, 0.05) is 23.4 Å². The summed E-state index contributed by atoms with van der Waals surface area (Å²) in [4.78, 5) is 13.4. The van der Waals surface area contributed by atoms with E-state index in [0.29, 0.717) is 20.2 Å². The molecule has 1 heterocycles. The lowest BCUT2D eigenvalue weighted by Crippen LogP contribution is -2.27. The average molecular weight is 402 g/mol. The third-order valence-electron chi connectivity index (χ3n) is 2.95. The largest absolute Gasteiger partial charge is 0.311 e. The van der Waals surface area contributed by atoms with E-state index in [0.717, 1.165) is 0 Å². The number of carbonyl (C=O) groups is 1. The summed E-state index contributed by atoms with van der Waals surface area (Å²) in [5, 5.41) is 5.80. The molecule has 1 unspecified atom stereocenters. The number of carbonyl (C=O) groups excluding carboxylic acids is 1. The fraction of sp³-hybridized carbons (Fsp3) is 0.364. The summed E-state index contributed by atoms with van der Waals surface area (Å²) in [6, 6.07) is 3.17. The Morgan fingerprint density at radius 1 is 1.35 bits per heavy atom. The van der Waals surface area contributed by atoms with Gasteiger partial charge < -0.3 is 4.90 Å². The standard InChI is InChI=1S/C11H11BrCl2N2O3S/c12-7-2-9(14)10(3-8(7)13)16-4-6(1-11(16)17)5-20(15,18)19/h2-3,6H,1,4-5H2,(H2,15,18,19). The number of rotatable bonds is 3. The van der Waals surface area contributed by atoms with Crippen molar-refractivity contribution < 1.29 is 13.2 Å². The quantitative estimate of drug-likeness (QED) is 0.789. The van der Waals surface area contributed by atoms with Crippen molar-refractivity contribution >= 4 is 60.7 Å². The van der Waals surface area contributed by atoms with Crippen LogP contribution in [-0.2, 0) is 14.8 Å². The van der Waals surface area contributed by atoms with Gasteiger partial charge >= 0.3 is 0 Å². The van der Waals surface area contributed by atoms with E-state index in [-0.39, 0.29) is 30.5 Å². The van der Waals surface area contributed by atoms with E-state index in [9.17, 15) is 13.2 Å². The Hall–Kier alpha value is -0.340. The number of nitrogens with zero attached hydrogens (tertiary/aromatic N) is 1. The highest BCUT2D eigenvalue weighted by Gasteiger charge is 2.33. The molecule has 0 aromatic heterocycles. The van der Waals surface area contributed by atoms with Crippen LogP contribution in [0.4, 0.5) is 5.69 Å². The highest BCUT2D eigenvalue weighted by Crippen LogP contribution is 2.37. The minimum absolute atomic E-state index is 0.125. The number of amides is 1. The van der Waals surface area contributed by atoms with Crippen molar-refractivity contribution in [2.75, 3.05) is 17.2 Å². The van der Waals surface area contributed by atoms with E-state index in [1.54, 1.807) is 12.1 Å². The molecule has 1 atom stereocenters. The number of sulfonamides is 1. The lowest BCUT2D eigenvalue weighted by atomic mass is 10.1. The van der Waals surface area contributed by atoms with Crippen molar-refractivity contribution in [1.29, 1.82) is 0 Å². The molecular weight excluding hydrogens is 391 g/mol. The van der Waals surface area contributed by atoms with Gasteiger partial charge in [0.15, 0.2) is 0 Å². The molecule has 0 bridgehead atoms. The smallest absolute Gasteiger partial charge is 0.227 e. The summed E-state index contributed by atoms with van der Waals surface area (Å²) < 4.78 is 22.8. The molecule has 2 N–H and O–H groups in total. The molecular formula is C11H11BrCl2N2O3S. The number of benzene rings is 1. The van der Waals surface area contributed by atoms with Crippen molar-refractivity contribution in [2.45, 2.75) is 6.42 Å². The first-order valence-electron chi connectivity index (χ1n) is 5.63. The molecule has 5 nitrogen and oxygen atoms in total. The SMILES string of the molecule is NS(=O)(=O)CC1CC(=O)N(c2cc(Cl)c(Br)cc2Cl)C1. The zero-order chi connectivity index (χ0) is 15.1. The topological polar surface area (TPSA) is 80.5 Å². The zero-order valence-corrected chi connectivity index (χ0v) is 14.1.